The number of imidazole rings is 1. The van der Waals surface area contributed by atoms with Gasteiger partial charge in [-0.15, -0.1) is 0 Å². The first kappa shape index (κ1) is 17.1. The topological polar surface area (TPSA) is 72.9 Å². The van der Waals surface area contributed by atoms with E-state index in [4.69, 9.17) is 5.84 Å². The molecule has 25 heavy (non-hydrogen) atoms. The average molecular weight is 352 g/mol. The van der Waals surface area contributed by atoms with E-state index in [2.05, 4.69) is 10.3 Å². The van der Waals surface area contributed by atoms with Crippen molar-refractivity contribution < 1.29 is 4.79 Å². The van der Waals surface area contributed by atoms with Gasteiger partial charge >= 0.3 is 0 Å². The highest BCUT2D eigenvalue weighted by molar-refractivity contribution is 8.00. The molecular weight excluding hydrogens is 332 g/mol. The fourth-order valence-electron chi connectivity index (χ4n) is 2.35. The lowest BCUT2D eigenvalue weighted by molar-refractivity contribution is -0.120. The van der Waals surface area contributed by atoms with Crippen molar-refractivity contribution in [3.8, 4) is 11.3 Å². The third kappa shape index (κ3) is 4.42. The Bertz CT molecular complexity index is 833. The largest absolute Gasteiger partial charge is 0.351 e. The molecule has 1 aromatic heterocycles. The number of nitrogens with one attached hydrogen (secondary N) is 1. The summed E-state index contributed by atoms with van der Waals surface area (Å²) in [6.07, 6.45) is 1.77. The molecule has 1 amide bonds. The SMILES string of the molecule is CC(Sc1nc(-c2ccccc2)cn1N)C(=O)NCc1ccccc1. The quantitative estimate of drug-likeness (QED) is 0.528. The second-order valence-corrected chi connectivity index (χ2v) is 6.95. The molecule has 3 rings (SSSR count). The van der Waals surface area contributed by atoms with Crippen molar-refractivity contribution >= 4 is 17.7 Å². The fourth-order valence-corrected chi connectivity index (χ4v) is 3.18. The normalized spacial score (nSPS) is 11.9. The van der Waals surface area contributed by atoms with E-state index >= 15 is 0 Å². The van der Waals surface area contributed by atoms with Gasteiger partial charge in [-0.3, -0.25) is 4.79 Å². The van der Waals surface area contributed by atoms with E-state index in [9.17, 15) is 4.79 Å². The Hall–Kier alpha value is -2.73. The molecule has 0 aliphatic rings. The molecule has 0 spiro atoms. The maximum Gasteiger partial charge on any atom is 0.233 e. The van der Waals surface area contributed by atoms with E-state index in [-0.39, 0.29) is 11.2 Å². The van der Waals surface area contributed by atoms with Crippen LogP contribution < -0.4 is 11.2 Å². The smallest absolute Gasteiger partial charge is 0.233 e. The van der Waals surface area contributed by atoms with Crippen LogP contribution in [0.4, 0.5) is 0 Å². The van der Waals surface area contributed by atoms with Crippen LogP contribution in [-0.2, 0) is 11.3 Å². The molecule has 1 atom stereocenters. The van der Waals surface area contributed by atoms with Crippen LogP contribution in [0.3, 0.4) is 0 Å². The van der Waals surface area contributed by atoms with Crippen molar-refractivity contribution in [2.45, 2.75) is 23.9 Å². The minimum Gasteiger partial charge on any atom is -0.351 e. The van der Waals surface area contributed by atoms with Gasteiger partial charge in [0.1, 0.15) is 0 Å². The van der Waals surface area contributed by atoms with Crippen molar-refractivity contribution in [1.82, 2.24) is 15.0 Å². The highest BCUT2D eigenvalue weighted by Crippen LogP contribution is 2.25. The Morgan fingerprint density at radius 1 is 1.16 bits per heavy atom. The molecular formula is C19H20N4OS. The Labute approximate surface area is 151 Å². The van der Waals surface area contributed by atoms with Crippen molar-refractivity contribution in [2.75, 3.05) is 5.84 Å². The van der Waals surface area contributed by atoms with Gasteiger partial charge in [0.05, 0.1) is 17.1 Å². The van der Waals surface area contributed by atoms with Gasteiger partial charge in [-0.25, -0.2) is 9.66 Å². The first-order valence-electron chi connectivity index (χ1n) is 8.01. The molecule has 1 unspecified atom stereocenters. The number of hydrogen-bond donors (Lipinski definition) is 2. The van der Waals surface area contributed by atoms with Gasteiger partial charge in [-0.2, -0.15) is 0 Å². The number of nitrogens with two attached hydrogens (primary N) is 1. The Balaban J connectivity index is 1.61. The third-order valence-electron chi connectivity index (χ3n) is 3.73. The number of thioether (sulfide) groups is 1. The second-order valence-electron chi connectivity index (χ2n) is 5.65. The molecule has 2 aromatic carbocycles. The molecule has 0 saturated carbocycles. The van der Waals surface area contributed by atoms with Gasteiger partial charge in [0.25, 0.3) is 0 Å². The Kier molecular flexibility index (Phi) is 5.40. The standard InChI is InChI=1S/C19H20N4OS/c1-14(18(24)21-12-15-8-4-2-5-9-15)25-19-22-17(13-23(19)20)16-10-6-3-7-11-16/h2-11,13-14H,12,20H2,1H3,(H,21,24). The molecule has 0 aliphatic heterocycles. The van der Waals surface area contributed by atoms with Gasteiger partial charge < -0.3 is 11.2 Å². The van der Waals surface area contributed by atoms with Crippen LogP contribution >= 0.6 is 11.8 Å². The van der Waals surface area contributed by atoms with Crippen LogP contribution in [0.5, 0.6) is 0 Å². The number of nitrogen functional groups attached to an aromatic ring is 1. The highest BCUT2D eigenvalue weighted by Gasteiger charge is 2.18. The summed E-state index contributed by atoms with van der Waals surface area (Å²) in [6, 6.07) is 19.7. The van der Waals surface area contributed by atoms with Gasteiger partial charge in [0.15, 0.2) is 5.16 Å². The number of rotatable bonds is 6. The molecule has 0 radical (unpaired) electrons. The zero-order valence-corrected chi connectivity index (χ0v) is 14.7. The molecule has 0 bridgehead atoms. The monoisotopic (exact) mass is 352 g/mol. The summed E-state index contributed by atoms with van der Waals surface area (Å²) >= 11 is 1.34. The van der Waals surface area contributed by atoms with E-state index in [1.807, 2.05) is 67.6 Å². The number of amides is 1. The van der Waals surface area contributed by atoms with E-state index in [1.165, 1.54) is 16.4 Å². The molecule has 0 fully saturated rings. The Morgan fingerprint density at radius 2 is 1.80 bits per heavy atom. The average Bonchev–Trinajstić information content (AvgIpc) is 3.02. The van der Waals surface area contributed by atoms with Crippen molar-refractivity contribution in [3.05, 3.63) is 72.4 Å². The molecule has 3 aromatic rings. The zero-order valence-electron chi connectivity index (χ0n) is 13.9. The molecule has 0 aliphatic carbocycles. The van der Waals surface area contributed by atoms with Crippen molar-refractivity contribution in [3.63, 3.8) is 0 Å². The van der Waals surface area contributed by atoms with E-state index in [0.717, 1.165) is 16.8 Å². The maximum atomic E-state index is 12.3. The van der Waals surface area contributed by atoms with E-state index in [1.54, 1.807) is 6.20 Å². The zero-order chi connectivity index (χ0) is 17.6. The molecule has 0 saturated heterocycles. The summed E-state index contributed by atoms with van der Waals surface area (Å²) in [5.41, 5.74) is 2.86. The predicted octanol–water partition coefficient (Wildman–Crippen LogP) is 3.06. The van der Waals surface area contributed by atoms with Crippen LogP contribution in [0, 0.1) is 0 Å². The minimum atomic E-state index is -0.294. The molecule has 6 heteroatoms. The van der Waals surface area contributed by atoms with Crippen LogP contribution in [0.2, 0.25) is 0 Å². The van der Waals surface area contributed by atoms with Gasteiger partial charge in [-0.1, -0.05) is 72.4 Å². The summed E-state index contributed by atoms with van der Waals surface area (Å²) in [4.78, 5) is 16.8. The first-order valence-corrected chi connectivity index (χ1v) is 8.89. The molecule has 1 heterocycles. The molecule has 128 valence electrons. The van der Waals surface area contributed by atoms with Crippen molar-refractivity contribution in [1.29, 1.82) is 0 Å². The van der Waals surface area contributed by atoms with E-state index < -0.39 is 0 Å². The van der Waals surface area contributed by atoms with Crippen LogP contribution in [0.1, 0.15) is 12.5 Å². The third-order valence-corrected chi connectivity index (χ3v) is 4.81. The number of aromatic nitrogens is 2. The molecule has 5 nitrogen and oxygen atoms in total. The number of benzene rings is 2. The number of nitrogens with zero attached hydrogens (tertiary/aromatic N) is 2. The second kappa shape index (κ2) is 7.90. The lowest BCUT2D eigenvalue weighted by atomic mass is 10.2. The summed E-state index contributed by atoms with van der Waals surface area (Å²) in [7, 11) is 0. The van der Waals surface area contributed by atoms with Crippen LogP contribution in [-0.4, -0.2) is 20.8 Å². The van der Waals surface area contributed by atoms with Gasteiger partial charge in [0, 0.05) is 12.1 Å². The summed E-state index contributed by atoms with van der Waals surface area (Å²) in [5.74, 6) is 5.95. The number of carbonyl (C=O) groups excluding carboxylic acids is 1. The Morgan fingerprint density at radius 3 is 2.48 bits per heavy atom. The van der Waals surface area contributed by atoms with Crippen LogP contribution in [0.25, 0.3) is 11.3 Å². The maximum absolute atomic E-state index is 12.3. The lowest BCUT2D eigenvalue weighted by Crippen LogP contribution is -2.30. The minimum absolute atomic E-state index is 0.0434. The van der Waals surface area contributed by atoms with Crippen molar-refractivity contribution in [2.24, 2.45) is 0 Å². The molecule has 3 N–H and O–H groups in total. The lowest BCUT2D eigenvalue weighted by Gasteiger charge is -2.11. The van der Waals surface area contributed by atoms with Gasteiger partial charge in [0.2, 0.25) is 5.91 Å². The van der Waals surface area contributed by atoms with Gasteiger partial charge in [-0.05, 0) is 12.5 Å². The van der Waals surface area contributed by atoms with Crippen LogP contribution in [0.15, 0.2) is 72.0 Å². The summed E-state index contributed by atoms with van der Waals surface area (Å²) in [6.45, 7) is 2.36. The number of hydrogen-bond acceptors (Lipinski definition) is 4. The predicted molar refractivity (Wildman–Crippen MR) is 101 cm³/mol. The van der Waals surface area contributed by atoms with E-state index in [0.29, 0.717) is 11.7 Å². The summed E-state index contributed by atoms with van der Waals surface area (Å²) in [5, 5.41) is 3.26. The summed E-state index contributed by atoms with van der Waals surface area (Å²) < 4.78 is 1.47. The fraction of sp³-hybridized carbons (Fsp3) is 0.158. The highest BCUT2D eigenvalue weighted by atomic mass is 32.2. The first-order chi connectivity index (χ1) is 12.1. The number of carbonyl (C=O) groups is 1.